The summed E-state index contributed by atoms with van der Waals surface area (Å²) in [6.07, 6.45) is 3.34. The van der Waals surface area contributed by atoms with Gasteiger partial charge >= 0.3 is 0 Å². The predicted molar refractivity (Wildman–Crippen MR) is 112 cm³/mol. The average molecular weight is 431 g/mol. The van der Waals surface area contributed by atoms with Crippen LogP contribution in [-0.4, -0.2) is 42.5 Å². The van der Waals surface area contributed by atoms with Gasteiger partial charge in [0.05, 0.1) is 32.8 Å². The van der Waals surface area contributed by atoms with E-state index in [0.717, 1.165) is 5.56 Å². The van der Waals surface area contributed by atoms with Crippen LogP contribution < -0.4 is 19.5 Å². The van der Waals surface area contributed by atoms with E-state index in [-0.39, 0.29) is 17.5 Å². The second kappa shape index (κ2) is 10.0. The third kappa shape index (κ3) is 5.04. The molecule has 0 spiro atoms. The van der Waals surface area contributed by atoms with Crippen LogP contribution in [0.1, 0.15) is 5.56 Å². The van der Waals surface area contributed by atoms with Crippen molar-refractivity contribution in [1.29, 1.82) is 0 Å². The van der Waals surface area contributed by atoms with E-state index in [1.807, 2.05) is 0 Å². The molecule has 3 rings (SSSR count). The molecule has 1 aromatic heterocycles. The van der Waals surface area contributed by atoms with E-state index in [4.69, 9.17) is 14.2 Å². The van der Waals surface area contributed by atoms with Crippen LogP contribution >= 0.6 is 11.8 Å². The zero-order valence-corrected chi connectivity index (χ0v) is 17.7. The lowest BCUT2D eigenvalue weighted by Gasteiger charge is -2.14. The second-order valence-electron chi connectivity index (χ2n) is 6.16. The van der Waals surface area contributed by atoms with Crippen LogP contribution in [0.2, 0.25) is 0 Å². The number of thioether (sulfide) groups is 1. The molecule has 0 saturated heterocycles. The Labute approximate surface area is 178 Å². The topological polar surface area (TPSA) is 74.6 Å². The normalized spacial score (nSPS) is 10.5. The van der Waals surface area contributed by atoms with Gasteiger partial charge in [-0.3, -0.25) is 9.36 Å². The average Bonchev–Trinajstić information content (AvgIpc) is 3.24. The summed E-state index contributed by atoms with van der Waals surface area (Å²) < 4.78 is 31.2. The first kappa shape index (κ1) is 21.5. The summed E-state index contributed by atoms with van der Waals surface area (Å²) in [5.74, 6) is 1.20. The molecule has 1 heterocycles. The highest BCUT2D eigenvalue weighted by molar-refractivity contribution is 7.99. The van der Waals surface area contributed by atoms with Gasteiger partial charge in [0.1, 0.15) is 5.82 Å². The van der Waals surface area contributed by atoms with Crippen molar-refractivity contribution in [3.63, 3.8) is 0 Å². The number of imidazole rings is 1. The Hall–Kier alpha value is -3.20. The van der Waals surface area contributed by atoms with E-state index in [2.05, 4.69) is 10.3 Å². The van der Waals surface area contributed by atoms with Gasteiger partial charge in [0, 0.05) is 18.9 Å². The van der Waals surface area contributed by atoms with Crippen LogP contribution in [-0.2, 0) is 11.3 Å². The monoisotopic (exact) mass is 431 g/mol. The molecule has 0 saturated carbocycles. The fraction of sp³-hybridized carbons (Fsp3) is 0.238. The lowest BCUT2D eigenvalue weighted by atomic mass is 10.2. The van der Waals surface area contributed by atoms with Gasteiger partial charge < -0.3 is 19.5 Å². The summed E-state index contributed by atoms with van der Waals surface area (Å²) in [5, 5.41) is 3.46. The van der Waals surface area contributed by atoms with Crippen molar-refractivity contribution in [2.75, 3.05) is 27.1 Å². The van der Waals surface area contributed by atoms with Gasteiger partial charge in [-0.1, -0.05) is 17.8 Å². The van der Waals surface area contributed by atoms with E-state index < -0.39 is 0 Å². The van der Waals surface area contributed by atoms with Crippen molar-refractivity contribution in [2.24, 2.45) is 0 Å². The molecule has 1 N–H and O–H groups in total. The van der Waals surface area contributed by atoms with E-state index in [0.29, 0.717) is 34.6 Å². The van der Waals surface area contributed by atoms with Crippen LogP contribution in [0.3, 0.4) is 0 Å². The highest BCUT2D eigenvalue weighted by atomic mass is 32.2. The van der Waals surface area contributed by atoms with Gasteiger partial charge in [-0.25, -0.2) is 9.37 Å². The molecule has 30 heavy (non-hydrogen) atoms. The molecule has 2 aromatic carbocycles. The van der Waals surface area contributed by atoms with Crippen LogP contribution in [0.5, 0.6) is 17.2 Å². The number of halogens is 1. The van der Waals surface area contributed by atoms with E-state index in [1.165, 1.54) is 45.2 Å². The quantitative estimate of drug-likeness (QED) is 0.523. The maximum absolute atomic E-state index is 13.5. The van der Waals surface area contributed by atoms with Crippen molar-refractivity contribution >= 4 is 17.7 Å². The Bertz CT molecular complexity index is 1000. The fourth-order valence-corrected chi connectivity index (χ4v) is 3.64. The molecule has 0 aliphatic carbocycles. The lowest BCUT2D eigenvalue weighted by molar-refractivity contribution is -0.118. The molecule has 0 unspecified atom stereocenters. The third-order valence-corrected chi connectivity index (χ3v) is 5.21. The largest absolute Gasteiger partial charge is 0.493 e. The molecule has 0 atom stereocenters. The van der Waals surface area contributed by atoms with Crippen LogP contribution in [0.15, 0.2) is 53.9 Å². The Kier molecular flexibility index (Phi) is 7.18. The van der Waals surface area contributed by atoms with Crippen molar-refractivity contribution < 1.29 is 23.4 Å². The summed E-state index contributed by atoms with van der Waals surface area (Å²) in [4.78, 5) is 16.6. The van der Waals surface area contributed by atoms with Crippen LogP contribution in [0.4, 0.5) is 4.39 Å². The van der Waals surface area contributed by atoms with Gasteiger partial charge in [-0.15, -0.1) is 0 Å². The maximum Gasteiger partial charge on any atom is 0.230 e. The number of nitrogens with zero attached hydrogens (tertiary/aromatic N) is 2. The number of methoxy groups -OCH3 is 3. The van der Waals surface area contributed by atoms with Gasteiger partial charge in [0.2, 0.25) is 11.7 Å². The molecule has 9 heteroatoms. The lowest BCUT2D eigenvalue weighted by Crippen LogP contribution is -2.24. The summed E-state index contributed by atoms with van der Waals surface area (Å²) in [6.45, 7) is 0.300. The Balaban J connectivity index is 1.61. The molecule has 3 aromatic rings. The Morgan fingerprint density at radius 1 is 1.13 bits per heavy atom. The van der Waals surface area contributed by atoms with E-state index in [9.17, 15) is 9.18 Å². The van der Waals surface area contributed by atoms with Crippen molar-refractivity contribution in [1.82, 2.24) is 14.9 Å². The SMILES string of the molecule is COc1cc(CNC(=O)CSc2nccn2-c2cccc(F)c2)cc(OC)c1OC. The molecule has 7 nitrogen and oxygen atoms in total. The maximum atomic E-state index is 13.5. The standard InChI is InChI=1S/C21H22FN3O4S/c1-27-17-9-14(10-18(28-2)20(17)29-3)12-24-19(26)13-30-21-23-7-8-25(21)16-6-4-5-15(22)11-16/h4-11H,12-13H2,1-3H3,(H,24,26). The van der Waals surface area contributed by atoms with Crippen LogP contribution in [0, 0.1) is 5.82 Å². The summed E-state index contributed by atoms with van der Waals surface area (Å²) in [7, 11) is 4.61. The van der Waals surface area contributed by atoms with E-state index in [1.54, 1.807) is 41.2 Å². The Morgan fingerprint density at radius 3 is 2.50 bits per heavy atom. The number of rotatable bonds is 9. The van der Waals surface area contributed by atoms with Crippen molar-refractivity contribution in [2.45, 2.75) is 11.7 Å². The molecule has 158 valence electrons. The number of nitrogens with one attached hydrogen (secondary N) is 1. The van der Waals surface area contributed by atoms with Gasteiger partial charge in [0.25, 0.3) is 0 Å². The van der Waals surface area contributed by atoms with Crippen LogP contribution in [0.25, 0.3) is 5.69 Å². The molecule has 0 aliphatic rings. The molecule has 0 aliphatic heterocycles. The molecule has 0 fully saturated rings. The first-order chi connectivity index (χ1) is 14.5. The third-order valence-electron chi connectivity index (χ3n) is 4.24. The van der Waals surface area contributed by atoms with Gasteiger partial charge in [0.15, 0.2) is 16.7 Å². The second-order valence-corrected chi connectivity index (χ2v) is 7.10. The number of hydrogen-bond acceptors (Lipinski definition) is 6. The molecule has 0 radical (unpaired) electrons. The molecule has 0 bridgehead atoms. The minimum absolute atomic E-state index is 0.163. The smallest absolute Gasteiger partial charge is 0.230 e. The first-order valence-corrected chi connectivity index (χ1v) is 10.0. The van der Waals surface area contributed by atoms with E-state index >= 15 is 0 Å². The minimum Gasteiger partial charge on any atom is -0.493 e. The number of amides is 1. The highest BCUT2D eigenvalue weighted by Gasteiger charge is 2.14. The van der Waals surface area contributed by atoms with Gasteiger partial charge in [-0.05, 0) is 35.9 Å². The fourth-order valence-electron chi connectivity index (χ4n) is 2.84. The summed E-state index contributed by atoms with van der Waals surface area (Å²) >= 11 is 1.27. The van der Waals surface area contributed by atoms with Gasteiger partial charge in [-0.2, -0.15) is 0 Å². The minimum atomic E-state index is -0.333. The Morgan fingerprint density at radius 2 is 1.87 bits per heavy atom. The number of benzene rings is 2. The molecular weight excluding hydrogens is 409 g/mol. The molecule has 1 amide bonds. The number of carbonyl (C=O) groups is 1. The molecular formula is C21H22FN3O4S. The highest BCUT2D eigenvalue weighted by Crippen LogP contribution is 2.38. The zero-order valence-electron chi connectivity index (χ0n) is 16.8. The number of aromatic nitrogens is 2. The summed E-state index contributed by atoms with van der Waals surface area (Å²) in [5.41, 5.74) is 1.46. The zero-order chi connectivity index (χ0) is 21.5. The van der Waals surface area contributed by atoms with Crippen molar-refractivity contribution in [3.8, 4) is 22.9 Å². The first-order valence-electron chi connectivity index (χ1n) is 9.03. The number of ether oxygens (including phenoxy) is 3. The predicted octanol–water partition coefficient (Wildman–Crippen LogP) is 3.45. The summed E-state index contributed by atoms with van der Waals surface area (Å²) in [6, 6.07) is 9.76. The number of hydrogen-bond donors (Lipinski definition) is 1. The van der Waals surface area contributed by atoms with Crippen molar-refractivity contribution in [3.05, 3.63) is 60.2 Å². The number of carbonyl (C=O) groups excluding carboxylic acids is 1.